The van der Waals surface area contributed by atoms with E-state index >= 15 is 0 Å². The fourth-order valence-corrected chi connectivity index (χ4v) is 1.91. The molecule has 0 N–H and O–H groups in total. The first-order valence-electron chi connectivity index (χ1n) is 4.86. The highest BCUT2D eigenvalue weighted by Gasteiger charge is 2.47. The molecule has 0 heterocycles. The van der Waals surface area contributed by atoms with Crippen molar-refractivity contribution in [1.82, 2.24) is 0 Å². The Hall–Kier alpha value is -1.24. The predicted molar refractivity (Wildman–Crippen MR) is 59.4 cm³/mol. The minimum absolute atomic E-state index is 0.130. The van der Waals surface area contributed by atoms with Gasteiger partial charge in [0, 0.05) is 18.9 Å². The van der Waals surface area contributed by atoms with Crippen LogP contribution in [0, 0.1) is 10.1 Å². The number of benzene rings is 1. The van der Waals surface area contributed by atoms with E-state index in [-0.39, 0.29) is 24.3 Å². The molecule has 4 nitrogen and oxygen atoms in total. The van der Waals surface area contributed by atoms with Crippen LogP contribution in [0.25, 0.3) is 0 Å². The van der Waals surface area contributed by atoms with Gasteiger partial charge in [-0.3, -0.25) is 10.1 Å². The molecule has 0 amide bonds. The van der Waals surface area contributed by atoms with Gasteiger partial charge in [-0.1, -0.05) is 0 Å². The van der Waals surface area contributed by atoms with Crippen LogP contribution in [-0.4, -0.2) is 16.9 Å². The lowest BCUT2D eigenvalue weighted by Gasteiger charge is -2.34. The summed E-state index contributed by atoms with van der Waals surface area (Å²) in [7, 11) is 0. The van der Waals surface area contributed by atoms with Crippen molar-refractivity contribution in [3.05, 3.63) is 32.8 Å². The van der Waals surface area contributed by atoms with Crippen molar-refractivity contribution >= 4 is 21.6 Å². The molecule has 2 rings (SSSR count). The van der Waals surface area contributed by atoms with Crippen molar-refractivity contribution in [3.8, 4) is 5.75 Å². The van der Waals surface area contributed by atoms with Gasteiger partial charge in [-0.15, -0.1) is 0 Å². The molecule has 0 aromatic heterocycles. The smallest absolute Gasteiger partial charge is 0.273 e. The van der Waals surface area contributed by atoms with Crippen LogP contribution in [-0.2, 0) is 0 Å². The topological polar surface area (TPSA) is 52.4 Å². The Morgan fingerprint density at radius 3 is 2.65 bits per heavy atom. The van der Waals surface area contributed by atoms with E-state index in [2.05, 4.69) is 15.9 Å². The van der Waals surface area contributed by atoms with Crippen LogP contribution in [0.5, 0.6) is 5.75 Å². The van der Waals surface area contributed by atoms with Crippen LogP contribution in [0.15, 0.2) is 22.7 Å². The van der Waals surface area contributed by atoms with Gasteiger partial charge in [-0.05, 0) is 22.0 Å². The second-order valence-corrected chi connectivity index (χ2v) is 4.73. The number of halogens is 3. The monoisotopic (exact) mass is 307 g/mol. The van der Waals surface area contributed by atoms with Gasteiger partial charge in [0.2, 0.25) is 0 Å². The number of alkyl halides is 2. The summed E-state index contributed by atoms with van der Waals surface area (Å²) >= 11 is 3.15. The Kier molecular flexibility index (Phi) is 3.03. The summed E-state index contributed by atoms with van der Waals surface area (Å²) in [5.74, 6) is -2.45. The van der Waals surface area contributed by atoms with Crippen molar-refractivity contribution in [2.75, 3.05) is 0 Å². The van der Waals surface area contributed by atoms with Crippen molar-refractivity contribution in [2.24, 2.45) is 0 Å². The van der Waals surface area contributed by atoms with Crippen molar-refractivity contribution in [2.45, 2.75) is 24.9 Å². The molecule has 1 aromatic carbocycles. The normalized spacial score (nSPS) is 18.5. The highest BCUT2D eigenvalue weighted by Crippen LogP contribution is 2.41. The molecule has 0 atom stereocenters. The first-order valence-corrected chi connectivity index (χ1v) is 5.65. The fraction of sp³-hybridized carbons (Fsp3) is 0.400. The molecule has 0 radical (unpaired) electrons. The minimum Gasteiger partial charge on any atom is -0.489 e. The van der Waals surface area contributed by atoms with E-state index in [4.69, 9.17) is 4.74 Å². The Balaban J connectivity index is 2.10. The van der Waals surface area contributed by atoms with Crippen molar-refractivity contribution in [1.29, 1.82) is 0 Å². The quantitative estimate of drug-likeness (QED) is 0.634. The first-order chi connectivity index (χ1) is 7.87. The largest absolute Gasteiger partial charge is 0.489 e. The van der Waals surface area contributed by atoms with E-state index in [0.29, 0.717) is 4.47 Å². The highest BCUT2D eigenvalue weighted by atomic mass is 79.9. The van der Waals surface area contributed by atoms with Gasteiger partial charge in [-0.25, -0.2) is 8.78 Å². The maximum Gasteiger partial charge on any atom is 0.273 e. The maximum atomic E-state index is 12.6. The number of nitro benzene ring substituents is 1. The van der Waals surface area contributed by atoms with Gasteiger partial charge >= 0.3 is 0 Å². The van der Waals surface area contributed by atoms with Crippen LogP contribution in [0.3, 0.4) is 0 Å². The summed E-state index contributed by atoms with van der Waals surface area (Å²) in [6, 6.07) is 4.00. The van der Waals surface area contributed by atoms with Crippen molar-refractivity contribution < 1.29 is 18.4 Å². The molecular weight excluding hydrogens is 300 g/mol. The Morgan fingerprint density at radius 2 is 2.12 bits per heavy atom. The molecule has 1 aromatic rings. The average molecular weight is 308 g/mol. The van der Waals surface area contributed by atoms with E-state index in [0.717, 1.165) is 0 Å². The molecule has 1 saturated carbocycles. The highest BCUT2D eigenvalue weighted by molar-refractivity contribution is 9.10. The molecule has 17 heavy (non-hydrogen) atoms. The second-order valence-electron chi connectivity index (χ2n) is 3.88. The predicted octanol–water partition coefficient (Wildman–Crippen LogP) is 3.53. The molecule has 0 unspecified atom stereocenters. The summed E-state index contributed by atoms with van der Waals surface area (Å²) in [5, 5.41) is 10.6. The Labute approximate surface area is 104 Å². The lowest BCUT2D eigenvalue weighted by Crippen LogP contribution is -2.43. The second kappa shape index (κ2) is 4.21. The van der Waals surface area contributed by atoms with Crippen LogP contribution in [0.1, 0.15) is 12.8 Å². The van der Waals surface area contributed by atoms with Crippen LogP contribution in [0.4, 0.5) is 14.5 Å². The fourth-order valence-electron chi connectivity index (χ4n) is 1.57. The van der Waals surface area contributed by atoms with Crippen LogP contribution >= 0.6 is 15.9 Å². The number of ether oxygens (including phenoxy) is 1. The van der Waals surface area contributed by atoms with Gasteiger partial charge in [0.25, 0.3) is 11.6 Å². The molecule has 1 aliphatic carbocycles. The maximum absolute atomic E-state index is 12.6. The Morgan fingerprint density at radius 1 is 1.47 bits per heavy atom. The van der Waals surface area contributed by atoms with Gasteiger partial charge < -0.3 is 4.74 Å². The van der Waals surface area contributed by atoms with E-state index in [1.807, 2.05) is 0 Å². The van der Waals surface area contributed by atoms with Crippen molar-refractivity contribution in [3.63, 3.8) is 0 Å². The number of non-ortho nitro benzene ring substituents is 1. The lowest BCUT2D eigenvalue weighted by atomic mass is 9.91. The lowest BCUT2D eigenvalue weighted by molar-refractivity contribution is -0.385. The third kappa shape index (κ3) is 2.71. The third-order valence-corrected chi connectivity index (χ3v) is 3.13. The number of rotatable bonds is 3. The van der Waals surface area contributed by atoms with Gasteiger partial charge in [0.1, 0.15) is 11.9 Å². The molecule has 1 aliphatic rings. The van der Waals surface area contributed by atoms with E-state index in [1.54, 1.807) is 0 Å². The number of nitrogens with zero attached hydrogens (tertiary/aromatic N) is 1. The molecule has 0 bridgehead atoms. The molecule has 7 heteroatoms. The van der Waals surface area contributed by atoms with Gasteiger partial charge in [-0.2, -0.15) is 0 Å². The molecule has 0 spiro atoms. The molecular formula is C10H8BrF2NO3. The minimum atomic E-state index is -2.67. The summed E-state index contributed by atoms with van der Waals surface area (Å²) in [5.41, 5.74) is -0.130. The van der Waals surface area contributed by atoms with Gasteiger partial charge in [0.05, 0.1) is 15.5 Å². The third-order valence-electron chi connectivity index (χ3n) is 2.47. The zero-order valence-corrected chi connectivity index (χ0v) is 10.1. The zero-order valence-electron chi connectivity index (χ0n) is 8.53. The van der Waals surface area contributed by atoms with E-state index in [9.17, 15) is 18.9 Å². The molecule has 1 fully saturated rings. The number of nitro groups is 1. The molecule has 0 aliphatic heterocycles. The average Bonchev–Trinajstić information content (AvgIpc) is 2.18. The SMILES string of the molecule is O=[N+]([O-])c1ccc(Br)c(OC2CC(F)(F)C2)c1. The molecule has 92 valence electrons. The number of hydrogen-bond acceptors (Lipinski definition) is 3. The van der Waals surface area contributed by atoms with Gasteiger partial charge in [0.15, 0.2) is 0 Å². The first kappa shape index (κ1) is 12.2. The summed E-state index contributed by atoms with van der Waals surface area (Å²) < 4.78 is 31.0. The van der Waals surface area contributed by atoms with E-state index in [1.165, 1.54) is 18.2 Å². The van der Waals surface area contributed by atoms with Crippen LogP contribution < -0.4 is 4.74 Å². The zero-order chi connectivity index (χ0) is 12.6. The van der Waals surface area contributed by atoms with E-state index < -0.39 is 16.9 Å². The Bertz CT molecular complexity index is 459. The van der Waals surface area contributed by atoms with Crippen LogP contribution in [0.2, 0.25) is 0 Å². The standard InChI is InChI=1S/C10H8BrF2NO3/c11-8-2-1-6(14(15)16)3-9(8)17-7-4-10(12,13)5-7/h1-3,7H,4-5H2. The summed E-state index contributed by atoms with van der Waals surface area (Å²) in [4.78, 5) is 9.99. The number of hydrogen-bond donors (Lipinski definition) is 0. The summed E-state index contributed by atoms with van der Waals surface area (Å²) in [6.45, 7) is 0. The summed E-state index contributed by atoms with van der Waals surface area (Å²) in [6.07, 6.45) is -1.27. The molecule has 0 saturated heterocycles.